The van der Waals surface area contributed by atoms with Gasteiger partial charge in [-0.3, -0.25) is 4.79 Å². The van der Waals surface area contributed by atoms with Crippen LogP contribution in [0, 0.1) is 11.6 Å². The maximum absolute atomic E-state index is 14.3. The Morgan fingerprint density at radius 2 is 1.88 bits per heavy atom. The third-order valence-corrected chi connectivity index (χ3v) is 4.02. The lowest BCUT2D eigenvalue weighted by Crippen LogP contribution is -2.25. The minimum atomic E-state index is -2.86. The molecule has 1 aromatic carbocycles. The number of pyridine rings is 1. The second-order valence-corrected chi connectivity index (χ2v) is 6.35. The van der Waals surface area contributed by atoms with Crippen LogP contribution in [-0.2, 0) is 6.54 Å². The summed E-state index contributed by atoms with van der Waals surface area (Å²) in [5.41, 5.74) is -1.62. The molecule has 0 aliphatic rings. The smallest absolute Gasteiger partial charge is 0.265 e. The van der Waals surface area contributed by atoms with E-state index >= 15 is 0 Å². The van der Waals surface area contributed by atoms with Gasteiger partial charge in [0.25, 0.3) is 12.0 Å². The fourth-order valence-corrected chi connectivity index (χ4v) is 2.69. The fraction of sp³-hybridized carbons (Fsp3) is 0.267. The van der Waals surface area contributed by atoms with E-state index < -0.39 is 35.7 Å². The maximum Gasteiger partial charge on any atom is 0.265 e. The van der Waals surface area contributed by atoms with Crippen LogP contribution in [0.3, 0.4) is 0 Å². The summed E-state index contributed by atoms with van der Waals surface area (Å²) in [4.78, 5) is 12.0. The van der Waals surface area contributed by atoms with Gasteiger partial charge in [-0.25, -0.2) is 17.6 Å². The molecular weight excluding hydrogens is 414 g/mol. The highest BCUT2D eigenvalue weighted by molar-refractivity contribution is 9.10. The van der Waals surface area contributed by atoms with E-state index in [2.05, 4.69) is 15.9 Å². The molecule has 130 valence electrons. The molecule has 1 heterocycles. The minimum absolute atomic E-state index is 0.0210. The van der Waals surface area contributed by atoms with Gasteiger partial charge in [0.05, 0.1) is 22.3 Å². The quantitative estimate of drug-likeness (QED) is 0.503. The molecule has 0 radical (unpaired) electrons. The van der Waals surface area contributed by atoms with Crippen LogP contribution in [0.5, 0.6) is 5.75 Å². The molecule has 0 aliphatic heterocycles. The Morgan fingerprint density at radius 1 is 1.25 bits per heavy atom. The fourth-order valence-electron chi connectivity index (χ4n) is 2.09. The Bertz CT molecular complexity index is 775. The number of hydrogen-bond donors (Lipinski definition) is 0. The summed E-state index contributed by atoms with van der Waals surface area (Å²) in [7, 11) is 0. The Hall–Kier alpha value is -1.48. The van der Waals surface area contributed by atoms with Gasteiger partial charge in [0, 0.05) is 12.1 Å². The van der Waals surface area contributed by atoms with Crippen molar-refractivity contribution in [3.05, 3.63) is 50.7 Å². The second-order valence-electron chi connectivity index (χ2n) is 4.69. The summed E-state index contributed by atoms with van der Waals surface area (Å²) in [5.74, 6) is -1.83. The standard InChI is InChI=1S/C15H12BrF4NO2S/c1-24-7-23-8-4-10(17)14(11(18)5-8)12-3-2-9(16)15(22)21(12)6-13(19)20/h2-5,13H,6-7H2,1H3. The zero-order valence-electron chi connectivity index (χ0n) is 12.4. The number of alkyl halides is 2. The number of rotatable bonds is 6. The average molecular weight is 426 g/mol. The Morgan fingerprint density at radius 3 is 2.42 bits per heavy atom. The summed E-state index contributed by atoms with van der Waals surface area (Å²) in [5, 5.41) is 0. The van der Waals surface area contributed by atoms with Crippen molar-refractivity contribution in [2.24, 2.45) is 0 Å². The topological polar surface area (TPSA) is 31.2 Å². The predicted molar refractivity (Wildman–Crippen MR) is 88.8 cm³/mol. The van der Waals surface area contributed by atoms with E-state index in [-0.39, 0.29) is 21.9 Å². The molecule has 3 nitrogen and oxygen atoms in total. The molecule has 0 unspecified atom stereocenters. The van der Waals surface area contributed by atoms with Crippen molar-refractivity contribution < 1.29 is 22.3 Å². The zero-order chi connectivity index (χ0) is 17.9. The van der Waals surface area contributed by atoms with Crippen LogP contribution in [0.25, 0.3) is 11.3 Å². The molecule has 0 spiro atoms. The van der Waals surface area contributed by atoms with Gasteiger partial charge in [-0.05, 0) is 34.3 Å². The number of benzene rings is 1. The van der Waals surface area contributed by atoms with E-state index in [9.17, 15) is 22.4 Å². The van der Waals surface area contributed by atoms with Crippen LogP contribution in [0.2, 0.25) is 0 Å². The van der Waals surface area contributed by atoms with Gasteiger partial charge in [-0.15, -0.1) is 11.8 Å². The predicted octanol–water partition coefficient (Wildman–Crippen LogP) is 4.52. The molecule has 0 fully saturated rings. The largest absolute Gasteiger partial charge is 0.483 e. The molecule has 0 aliphatic carbocycles. The summed E-state index contributed by atoms with van der Waals surface area (Å²) in [6.45, 7) is -0.975. The monoisotopic (exact) mass is 425 g/mol. The van der Waals surface area contributed by atoms with Gasteiger partial charge in [-0.1, -0.05) is 0 Å². The molecule has 2 aromatic rings. The van der Waals surface area contributed by atoms with Crippen molar-refractivity contribution >= 4 is 27.7 Å². The van der Waals surface area contributed by atoms with E-state index in [1.807, 2.05) is 0 Å². The van der Waals surface area contributed by atoms with Gasteiger partial charge in [0.2, 0.25) is 0 Å². The first-order chi connectivity index (χ1) is 11.3. The van der Waals surface area contributed by atoms with Gasteiger partial charge >= 0.3 is 0 Å². The van der Waals surface area contributed by atoms with E-state index in [1.54, 1.807) is 6.26 Å². The Kier molecular flexibility index (Phi) is 6.34. The lowest BCUT2D eigenvalue weighted by atomic mass is 10.1. The summed E-state index contributed by atoms with van der Waals surface area (Å²) in [6.07, 6.45) is -1.10. The Labute approximate surface area is 147 Å². The highest BCUT2D eigenvalue weighted by atomic mass is 79.9. The van der Waals surface area contributed by atoms with E-state index in [4.69, 9.17) is 4.74 Å². The SMILES string of the molecule is CSCOc1cc(F)c(-c2ccc(Br)c(=O)n2CC(F)F)c(F)c1. The number of ether oxygens (including phenoxy) is 1. The van der Waals surface area contributed by atoms with Crippen LogP contribution in [0.15, 0.2) is 33.5 Å². The maximum atomic E-state index is 14.3. The highest BCUT2D eigenvalue weighted by Gasteiger charge is 2.20. The van der Waals surface area contributed by atoms with Crippen LogP contribution in [0.4, 0.5) is 17.6 Å². The average Bonchev–Trinajstić information content (AvgIpc) is 2.51. The molecule has 9 heteroatoms. The number of aromatic nitrogens is 1. The molecule has 1 aromatic heterocycles. The molecule has 0 amide bonds. The van der Waals surface area contributed by atoms with Crippen LogP contribution in [0.1, 0.15) is 0 Å². The van der Waals surface area contributed by atoms with Crippen molar-refractivity contribution in [2.45, 2.75) is 13.0 Å². The summed E-state index contributed by atoms with van der Waals surface area (Å²) >= 11 is 4.25. The molecule has 0 saturated carbocycles. The van der Waals surface area contributed by atoms with Gasteiger partial charge < -0.3 is 9.30 Å². The summed E-state index contributed by atoms with van der Waals surface area (Å²) < 4.78 is 60.0. The third-order valence-electron chi connectivity index (χ3n) is 3.06. The number of thioether (sulfide) groups is 1. The molecule has 0 N–H and O–H groups in total. The highest BCUT2D eigenvalue weighted by Crippen LogP contribution is 2.30. The first-order valence-electron chi connectivity index (χ1n) is 6.63. The molecule has 0 atom stereocenters. The lowest BCUT2D eigenvalue weighted by molar-refractivity contribution is 0.125. The van der Waals surface area contributed by atoms with Gasteiger partial charge in [0.15, 0.2) is 0 Å². The first-order valence-corrected chi connectivity index (χ1v) is 8.82. The molecular formula is C15H12BrF4NO2S. The van der Waals surface area contributed by atoms with Crippen molar-refractivity contribution in [1.82, 2.24) is 4.57 Å². The number of halogens is 5. The molecule has 0 bridgehead atoms. The Balaban J connectivity index is 2.60. The van der Waals surface area contributed by atoms with Crippen molar-refractivity contribution in [3.8, 4) is 17.0 Å². The van der Waals surface area contributed by atoms with E-state index in [0.717, 1.165) is 12.1 Å². The zero-order valence-corrected chi connectivity index (χ0v) is 14.8. The first kappa shape index (κ1) is 18.9. The normalized spacial score (nSPS) is 11.1. The number of hydrogen-bond acceptors (Lipinski definition) is 3. The van der Waals surface area contributed by atoms with E-state index in [0.29, 0.717) is 4.57 Å². The van der Waals surface area contributed by atoms with Gasteiger partial charge in [0.1, 0.15) is 23.3 Å². The van der Waals surface area contributed by atoms with Gasteiger partial charge in [-0.2, -0.15) is 0 Å². The second kappa shape index (κ2) is 8.06. The molecule has 24 heavy (non-hydrogen) atoms. The lowest BCUT2D eigenvalue weighted by Gasteiger charge is -2.15. The van der Waals surface area contributed by atoms with Crippen LogP contribution >= 0.6 is 27.7 Å². The van der Waals surface area contributed by atoms with Crippen molar-refractivity contribution in [3.63, 3.8) is 0 Å². The minimum Gasteiger partial charge on any atom is -0.483 e. The third kappa shape index (κ3) is 4.13. The molecule has 2 rings (SSSR count). The van der Waals surface area contributed by atoms with Crippen LogP contribution in [-0.4, -0.2) is 23.2 Å². The van der Waals surface area contributed by atoms with Crippen molar-refractivity contribution in [1.29, 1.82) is 0 Å². The molecule has 0 saturated heterocycles. The number of nitrogens with zero attached hydrogens (tertiary/aromatic N) is 1. The van der Waals surface area contributed by atoms with Crippen LogP contribution < -0.4 is 10.3 Å². The van der Waals surface area contributed by atoms with Crippen molar-refractivity contribution in [2.75, 3.05) is 12.2 Å². The summed E-state index contributed by atoms with van der Waals surface area (Å²) in [6, 6.07) is 4.37. The van der Waals surface area contributed by atoms with E-state index in [1.165, 1.54) is 23.9 Å².